The molecular weight excluding hydrogens is 225 g/mol. The van der Waals surface area contributed by atoms with E-state index in [2.05, 4.69) is 4.98 Å². The van der Waals surface area contributed by atoms with Crippen LogP contribution in [0.4, 0.5) is 4.39 Å². The molecule has 1 heterocycles. The Morgan fingerprint density at radius 2 is 1.67 bits per heavy atom. The van der Waals surface area contributed by atoms with Crippen LogP contribution in [-0.4, -0.2) is 4.98 Å². The highest BCUT2D eigenvalue weighted by molar-refractivity contribution is 5.60. The average Bonchev–Trinajstić information content (AvgIpc) is 2.32. The molecular formula is C16H18FN. The minimum Gasteiger partial charge on any atom is -0.250 e. The predicted molar refractivity (Wildman–Crippen MR) is 73.1 cm³/mol. The van der Waals surface area contributed by atoms with Crippen molar-refractivity contribution in [3.63, 3.8) is 0 Å². The van der Waals surface area contributed by atoms with E-state index in [0.717, 1.165) is 11.3 Å². The van der Waals surface area contributed by atoms with E-state index < -0.39 is 0 Å². The molecule has 2 heteroatoms. The Kier molecular flexibility index (Phi) is 3.20. The summed E-state index contributed by atoms with van der Waals surface area (Å²) in [5.41, 5.74) is 2.81. The number of hydrogen-bond acceptors (Lipinski definition) is 1. The maximum Gasteiger partial charge on any atom is 0.148 e. The molecule has 1 aromatic carbocycles. The molecule has 1 aromatic heterocycles. The minimum absolute atomic E-state index is 0.192. The highest BCUT2D eigenvalue weighted by Gasteiger charge is 2.21. The van der Waals surface area contributed by atoms with E-state index in [1.54, 1.807) is 6.92 Å². The zero-order chi connectivity index (χ0) is 13.3. The Balaban J connectivity index is 2.62. The van der Waals surface area contributed by atoms with Crippen molar-refractivity contribution >= 4 is 0 Å². The Bertz CT molecular complexity index is 553. The van der Waals surface area contributed by atoms with Gasteiger partial charge in [-0.1, -0.05) is 51.1 Å². The molecule has 0 saturated heterocycles. The molecule has 1 nitrogen and oxygen atoms in total. The average molecular weight is 243 g/mol. The second-order valence-corrected chi connectivity index (χ2v) is 5.57. The molecule has 0 aliphatic heterocycles. The summed E-state index contributed by atoms with van der Waals surface area (Å²) in [5.74, 6) is -0.192. The number of nitrogens with zero attached hydrogens (tertiary/aromatic N) is 1. The fourth-order valence-corrected chi connectivity index (χ4v) is 1.96. The number of halogens is 1. The summed E-state index contributed by atoms with van der Waals surface area (Å²) in [6, 6.07) is 11.7. The SMILES string of the molecule is Cc1nc(-c2ccccc2)cc(C(C)(C)C)c1F. The molecule has 94 valence electrons. The summed E-state index contributed by atoms with van der Waals surface area (Å²) in [4.78, 5) is 4.34. The Morgan fingerprint density at radius 1 is 1.06 bits per heavy atom. The molecule has 0 aliphatic rings. The van der Waals surface area contributed by atoms with Gasteiger partial charge in [0, 0.05) is 5.56 Å². The second-order valence-electron chi connectivity index (χ2n) is 5.57. The van der Waals surface area contributed by atoms with Crippen LogP contribution in [0.15, 0.2) is 36.4 Å². The van der Waals surface area contributed by atoms with Crippen LogP contribution < -0.4 is 0 Å². The topological polar surface area (TPSA) is 12.9 Å². The summed E-state index contributed by atoms with van der Waals surface area (Å²) in [7, 11) is 0. The molecule has 0 spiro atoms. The number of pyridine rings is 1. The maximum atomic E-state index is 14.1. The van der Waals surface area contributed by atoms with Gasteiger partial charge in [-0.25, -0.2) is 4.39 Å². The van der Waals surface area contributed by atoms with Gasteiger partial charge in [0.15, 0.2) is 0 Å². The van der Waals surface area contributed by atoms with E-state index in [0.29, 0.717) is 11.3 Å². The molecule has 2 rings (SSSR count). The lowest BCUT2D eigenvalue weighted by Gasteiger charge is -2.21. The van der Waals surface area contributed by atoms with Crippen molar-refractivity contribution in [2.24, 2.45) is 0 Å². The number of benzene rings is 1. The van der Waals surface area contributed by atoms with Gasteiger partial charge in [0.05, 0.1) is 11.4 Å². The van der Waals surface area contributed by atoms with E-state index in [9.17, 15) is 4.39 Å². The van der Waals surface area contributed by atoms with Crippen LogP contribution in [0.25, 0.3) is 11.3 Å². The van der Waals surface area contributed by atoms with E-state index in [1.165, 1.54) is 0 Å². The van der Waals surface area contributed by atoms with Crippen LogP contribution in [0.2, 0.25) is 0 Å². The summed E-state index contributed by atoms with van der Waals surface area (Å²) in [6.07, 6.45) is 0. The largest absolute Gasteiger partial charge is 0.250 e. The van der Waals surface area contributed by atoms with Gasteiger partial charge in [-0.2, -0.15) is 0 Å². The van der Waals surface area contributed by atoms with Crippen molar-refractivity contribution in [3.8, 4) is 11.3 Å². The van der Waals surface area contributed by atoms with Gasteiger partial charge in [0.2, 0.25) is 0 Å². The summed E-state index contributed by atoms with van der Waals surface area (Å²) < 4.78 is 14.1. The van der Waals surface area contributed by atoms with Crippen LogP contribution >= 0.6 is 0 Å². The highest BCUT2D eigenvalue weighted by atomic mass is 19.1. The molecule has 18 heavy (non-hydrogen) atoms. The lowest BCUT2D eigenvalue weighted by atomic mass is 9.85. The van der Waals surface area contributed by atoms with Gasteiger partial charge in [-0.15, -0.1) is 0 Å². The van der Waals surface area contributed by atoms with Crippen LogP contribution in [0.3, 0.4) is 0 Å². The third-order valence-corrected chi connectivity index (χ3v) is 3.00. The molecule has 0 fully saturated rings. The summed E-state index contributed by atoms with van der Waals surface area (Å²) in [5, 5.41) is 0. The Hall–Kier alpha value is -1.70. The zero-order valence-corrected chi connectivity index (χ0v) is 11.3. The number of rotatable bonds is 1. The highest BCUT2D eigenvalue weighted by Crippen LogP contribution is 2.29. The molecule has 0 unspecified atom stereocenters. The smallest absolute Gasteiger partial charge is 0.148 e. The van der Waals surface area contributed by atoms with Gasteiger partial charge >= 0.3 is 0 Å². The van der Waals surface area contributed by atoms with Crippen molar-refractivity contribution in [1.29, 1.82) is 0 Å². The fraction of sp³-hybridized carbons (Fsp3) is 0.312. The van der Waals surface area contributed by atoms with E-state index >= 15 is 0 Å². The molecule has 2 aromatic rings. The molecule has 0 aliphatic carbocycles. The van der Waals surface area contributed by atoms with Gasteiger partial charge in [0.25, 0.3) is 0 Å². The first-order chi connectivity index (χ1) is 8.39. The van der Waals surface area contributed by atoms with Crippen molar-refractivity contribution in [3.05, 3.63) is 53.5 Å². The van der Waals surface area contributed by atoms with Gasteiger partial charge in [-0.05, 0) is 24.0 Å². The number of aryl methyl sites for hydroxylation is 1. The fourth-order valence-electron chi connectivity index (χ4n) is 1.96. The molecule has 0 bridgehead atoms. The van der Waals surface area contributed by atoms with Gasteiger partial charge in [0.1, 0.15) is 5.82 Å². The number of hydrogen-bond donors (Lipinski definition) is 0. The van der Waals surface area contributed by atoms with Crippen LogP contribution in [0.1, 0.15) is 32.0 Å². The van der Waals surface area contributed by atoms with Crippen molar-refractivity contribution in [2.75, 3.05) is 0 Å². The molecule has 0 saturated carbocycles. The zero-order valence-electron chi connectivity index (χ0n) is 11.3. The van der Waals surface area contributed by atoms with E-state index in [4.69, 9.17) is 0 Å². The first kappa shape index (κ1) is 12.7. The monoisotopic (exact) mass is 243 g/mol. The first-order valence-electron chi connectivity index (χ1n) is 6.12. The van der Waals surface area contributed by atoms with Crippen LogP contribution in [0.5, 0.6) is 0 Å². The van der Waals surface area contributed by atoms with Crippen molar-refractivity contribution in [2.45, 2.75) is 33.1 Å². The standard InChI is InChI=1S/C16H18FN/c1-11-15(17)13(16(2,3)4)10-14(18-11)12-8-6-5-7-9-12/h5-10H,1-4H3. The Morgan fingerprint density at radius 3 is 2.22 bits per heavy atom. The summed E-state index contributed by atoms with van der Waals surface area (Å²) >= 11 is 0. The van der Waals surface area contributed by atoms with Gasteiger partial charge < -0.3 is 0 Å². The number of aromatic nitrogens is 1. The van der Waals surface area contributed by atoms with Crippen LogP contribution in [-0.2, 0) is 5.41 Å². The summed E-state index contributed by atoms with van der Waals surface area (Å²) in [6.45, 7) is 7.76. The van der Waals surface area contributed by atoms with E-state index in [1.807, 2.05) is 57.2 Å². The normalized spacial score (nSPS) is 11.6. The predicted octanol–water partition coefficient (Wildman–Crippen LogP) is 4.49. The molecule has 0 N–H and O–H groups in total. The lowest BCUT2D eigenvalue weighted by molar-refractivity contribution is 0.514. The lowest BCUT2D eigenvalue weighted by Crippen LogP contribution is -2.15. The van der Waals surface area contributed by atoms with Crippen molar-refractivity contribution < 1.29 is 4.39 Å². The third kappa shape index (κ3) is 2.42. The van der Waals surface area contributed by atoms with E-state index in [-0.39, 0.29) is 11.2 Å². The molecule has 0 amide bonds. The molecule has 0 atom stereocenters. The first-order valence-corrected chi connectivity index (χ1v) is 6.12. The van der Waals surface area contributed by atoms with Crippen LogP contribution in [0, 0.1) is 12.7 Å². The maximum absolute atomic E-state index is 14.1. The third-order valence-electron chi connectivity index (χ3n) is 3.00. The van der Waals surface area contributed by atoms with Gasteiger partial charge in [-0.3, -0.25) is 4.98 Å². The Labute approximate surface area is 108 Å². The quantitative estimate of drug-likeness (QED) is 0.719. The van der Waals surface area contributed by atoms with Crippen molar-refractivity contribution in [1.82, 2.24) is 4.98 Å². The minimum atomic E-state index is -0.221. The second kappa shape index (κ2) is 4.52. The molecule has 0 radical (unpaired) electrons.